The van der Waals surface area contributed by atoms with Crippen LogP contribution in [0.1, 0.15) is 48.3 Å². The van der Waals surface area contributed by atoms with Crippen molar-refractivity contribution >= 4 is 0 Å². The van der Waals surface area contributed by atoms with Crippen molar-refractivity contribution in [3.8, 4) is 0 Å². The Hall–Kier alpha value is -0.890. The van der Waals surface area contributed by atoms with Gasteiger partial charge >= 0.3 is 0 Å². The molecule has 1 fully saturated rings. The van der Waals surface area contributed by atoms with Gasteiger partial charge in [0.15, 0.2) is 0 Å². The van der Waals surface area contributed by atoms with Gasteiger partial charge in [0.05, 0.1) is 0 Å². The van der Waals surface area contributed by atoms with Gasteiger partial charge in [0.2, 0.25) is 0 Å². The third-order valence-corrected chi connectivity index (χ3v) is 3.97. The van der Waals surface area contributed by atoms with Crippen molar-refractivity contribution in [3.63, 3.8) is 0 Å². The van der Waals surface area contributed by atoms with Gasteiger partial charge in [-0.1, -0.05) is 12.5 Å². The largest absolute Gasteiger partial charge is 0.317 e. The van der Waals surface area contributed by atoms with Crippen LogP contribution in [0.25, 0.3) is 0 Å². The van der Waals surface area contributed by atoms with E-state index in [9.17, 15) is 4.39 Å². The average molecular weight is 235 g/mol. The smallest absolute Gasteiger partial charge is 0.127 e. The molecule has 1 aliphatic carbocycles. The summed E-state index contributed by atoms with van der Waals surface area (Å²) < 4.78 is 14.1. The Morgan fingerprint density at radius 2 is 2.00 bits per heavy atom. The molecule has 0 spiro atoms. The van der Waals surface area contributed by atoms with Crippen molar-refractivity contribution in [2.24, 2.45) is 0 Å². The van der Waals surface area contributed by atoms with Gasteiger partial charge in [0.1, 0.15) is 5.82 Å². The number of benzene rings is 1. The molecule has 1 N–H and O–H groups in total. The van der Waals surface area contributed by atoms with E-state index < -0.39 is 0 Å². The molecule has 2 heteroatoms. The molecule has 17 heavy (non-hydrogen) atoms. The Balaban J connectivity index is 2.27. The summed E-state index contributed by atoms with van der Waals surface area (Å²) in [6, 6.07) is 4.32. The van der Waals surface area contributed by atoms with Gasteiger partial charge in [0, 0.05) is 6.04 Å². The van der Waals surface area contributed by atoms with Crippen LogP contribution in [-0.4, -0.2) is 13.1 Å². The highest BCUT2D eigenvalue weighted by Crippen LogP contribution is 2.36. The summed E-state index contributed by atoms with van der Waals surface area (Å²) in [5.74, 6) is 0.381. The zero-order valence-electron chi connectivity index (χ0n) is 11.0. The highest BCUT2D eigenvalue weighted by atomic mass is 19.1. The summed E-state index contributed by atoms with van der Waals surface area (Å²) in [4.78, 5) is 0. The van der Waals surface area contributed by atoms with Gasteiger partial charge in [-0.05, 0) is 68.8 Å². The number of hydrogen-bond acceptors (Lipinski definition) is 1. The highest BCUT2D eigenvalue weighted by Gasteiger charge is 2.25. The SMILES string of the molecule is CNC1CCCC(c2c(C)cc(C)cc2F)C1. The van der Waals surface area contributed by atoms with Crippen molar-refractivity contribution in [2.75, 3.05) is 7.05 Å². The van der Waals surface area contributed by atoms with E-state index in [0.717, 1.165) is 29.5 Å². The number of hydrogen-bond donors (Lipinski definition) is 1. The zero-order valence-corrected chi connectivity index (χ0v) is 11.0. The lowest BCUT2D eigenvalue weighted by molar-refractivity contribution is 0.348. The molecule has 0 aliphatic heterocycles. The molecular formula is C15H22FN. The molecule has 0 amide bonds. The summed E-state index contributed by atoms with van der Waals surface area (Å²) >= 11 is 0. The highest BCUT2D eigenvalue weighted by molar-refractivity contribution is 5.35. The Morgan fingerprint density at radius 3 is 2.65 bits per heavy atom. The monoisotopic (exact) mass is 235 g/mol. The average Bonchev–Trinajstić information content (AvgIpc) is 2.28. The molecule has 2 atom stereocenters. The van der Waals surface area contributed by atoms with Gasteiger partial charge < -0.3 is 5.32 Å². The molecule has 0 radical (unpaired) electrons. The van der Waals surface area contributed by atoms with E-state index in [4.69, 9.17) is 0 Å². The van der Waals surface area contributed by atoms with Crippen molar-refractivity contribution in [3.05, 3.63) is 34.6 Å². The van der Waals surface area contributed by atoms with Crippen LogP contribution < -0.4 is 5.32 Å². The fourth-order valence-corrected chi connectivity index (χ4v) is 3.16. The maximum Gasteiger partial charge on any atom is 0.127 e. The van der Waals surface area contributed by atoms with Crippen LogP contribution in [0.15, 0.2) is 12.1 Å². The maximum absolute atomic E-state index is 14.1. The molecule has 2 rings (SSSR count). The lowest BCUT2D eigenvalue weighted by Crippen LogP contribution is -2.31. The minimum absolute atomic E-state index is 0.00995. The van der Waals surface area contributed by atoms with Gasteiger partial charge in [-0.25, -0.2) is 4.39 Å². The number of aryl methyl sites for hydroxylation is 2. The van der Waals surface area contributed by atoms with Crippen molar-refractivity contribution in [2.45, 2.75) is 51.5 Å². The predicted molar refractivity (Wildman–Crippen MR) is 69.9 cm³/mol. The van der Waals surface area contributed by atoms with Crippen LogP contribution in [0.5, 0.6) is 0 Å². The molecule has 0 bridgehead atoms. The molecule has 0 saturated heterocycles. The Bertz CT molecular complexity index is 377. The fraction of sp³-hybridized carbons (Fsp3) is 0.600. The minimum Gasteiger partial charge on any atom is -0.317 e. The Kier molecular flexibility index (Phi) is 3.82. The quantitative estimate of drug-likeness (QED) is 0.824. The first kappa shape index (κ1) is 12.6. The van der Waals surface area contributed by atoms with E-state index in [1.807, 2.05) is 20.9 Å². The van der Waals surface area contributed by atoms with E-state index in [2.05, 4.69) is 11.4 Å². The van der Waals surface area contributed by atoms with Crippen molar-refractivity contribution in [1.82, 2.24) is 5.32 Å². The van der Waals surface area contributed by atoms with Gasteiger partial charge in [0.25, 0.3) is 0 Å². The summed E-state index contributed by atoms with van der Waals surface area (Å²) in [5, 5.41) is 3.33. The molecule has 1 saturated carbocycles. The predicted octanol–water partition coefficient (Wildman–Crippen LogP) is 3.69. The molecule has 94 valence electrons. The van der Waals surface area contributed by atoms with Crippen molar-refractivity contribution in [1.29, 1.82) is 0 Å². The van der Waals surface area contributed by atoms with Crippen LogP contribution in [-0.2, 0) is 0 Å². The van der Waals surface area contributed by atoms with Gasteiger partial charge in [-0.3, -0.25) is 0 Å². The minimum atomic E-state index is -0.00995. The van der Waals surface area contributed by atoms with E-state index in [-0.39, 0.29) is 5.82 Å². The standard InChI is InChI=1S/C15H22FN/c1-10-7-11(2)15(14(16)8-10)12-5-4-6-13(9-12)17-3/h7-8,12-13,17H,4-6,9H2,1-3H3. The summed E-state index contributed by atoms with van der Waals surface area (Å²) in [6.07, 6.45) is 4.61. The number of rotatable bonds is 2. The molecule has 1 aliphatic rings. The molecule has 0 aromatic heterocycles. The summed E-state index contributed by atoms with van der Waals surface area (Å²) in [5.41, 5.74) is 3.09. The maximum atomic E-state index is 14.1. The van der Waals surface area contributed by atoms with Gasteiger partial charge in [-0.15, -0.1) is 0 Å². The first-order valence-electron chi connectivity index (χ1n) is 6.55. The van der Waals surface area contributed by atoms with E-state index in [0.29, 0.717) is 12.0 Å². The lowest BCUT2D eigenvalue weighted by Gasteiger charge is -2.30. The first-order valence-corrected chi connectivity index (χ1v) is 6.55. The van der Waals surface area contributed by atoms with Crippen LogP contribution >= 0.6 is 0 Å². The molecular weight excluding hydrogens is 213 g/mol. The topological polar surface area (TPSA) is 12.0 Å². The van der Waals surface area contributed by atoms with Crippen LogP contribution in [0.4, 0.5) is 4.39 Å². The summed E-state index contributed by atoms with van der Waals surface area (Å²) in [6.45, 7) is 3.99. The Labute approximate surface area is 103 Å². The Morgan fingerprint density at radius 1 is 1.24 bits per heavy atom. The first-order chi connectivity index (χ1) is 8.11. The number of nitrogens with one attached hydrogen (secondary N) is 1. The normalized spacial score (nSPS) is 24.9. The molecule has 2 unspecified atom stereocenters. The van der Waals surface area contributed by atoms with Crippen molar-refractivity contribution < 1.29 is 4.39 Å². The number of halogens is 1. The molecule has 0 heterocycles. The van der Waals surface area contributed by atoms with E-state index >= 15 is 0 Å². The van der Waals surface area contributed by atoms with E-state index in [1.165, 1.54) is 12.8 Å². The van der Waals surface area contributed by atoms with Crippen LogP contribution in [0.3, 0.4) is 0 Å². The van der Waals surface area contributed by atoms with Crippen LogP contribution in [0, 0.1) is 19.7 Å². The molecule has 1 aromatic rings. The molecule has 1 aromatic carbocycles. The third kappa shape index (κ3) is 2.68. The van der Waals surface area contributed by atoms with Gasteiger partial charge in [-0.2, -0.15) is 0 Å². The fourth-order valence-electron chi connectivity index (χ4n) is 3.16. The third-order valence-electron chi connectivity index (χ3n) is 3.97. The lowest BCUT2D eigenvalue weighted by atomic mass is 9.79. The van der Waals surface area contributed by atoms with E-state index in [1.54, 1.807) is 6.07 Å². The second-order valence-corrected chi connectivity index (χ2v) is 5.33. The zero-order chi connectivity index (χ0) is 12.4. The second-order valence-electron chi connectivity index (χ2n) is 5.33. The second kappa shape index (κ2) is 5.18. The molecule has 1 nitrogen and oxygen atoms in total. The van der Waals surface area contributed by atoms with Crippen LogP contribution in [0.2, 0.25) is 0 Å². The summed E-state index contributed by atoms with van der Waals surface area (Å²) in [7, 11) is 2.01.